The number of aryl methyl sites for hydroxylation is 1. The largest absolute Gasteiger partial charge is 0.353 e. The molecule has 22 heavy (non-hydrogen) atoms. The number of rotatable bonds is 4. The van der Waals surface area contributed by atoms with Gasteiger partial charge in [0, 0.05) is 44.8 Å². The molecule has 0 spiro atoms. The first-order chi connectivity index (χ1) is 10.7. The van der Waals surface area contributed by atoms with Crippen molar-refractivity contribution < 1.29 is 4.79 Å². The summed E-state index contributed by atoms with van der Waals surface area (Å²) in [5.41, 5.74) is 1.02. The summed E-state index contributed by atoms with van der Waals surface area (Å²) in [4.78, 5) is 14.7. The van der Waals surface area contributed by atoms with Crippen molar-refractivity contribution in [3.63, 3.8) is 0 Å². The molecule has 2 heterocycles. The molecule has 1 amide bonds. The minimum atomic E-state index is 0.270. The summed E-state index contributed by atoms with van der Waals surface area (Å²) >= 11 is 0. The summed E-state index contributed by atoms with van der Waals surface area (Å²) in [5.74, 6) is 0.568. The number of likely N-dealkylation sites (tertiary alicyclic amines) is 1. The van der Waals surface area contributed by atoms with Gasteiger partial charge < -0.3 is 5.32 Å². The van der Waals surface area contributed by atoms with E-state index in [1.165, 1.54) is 19.3 Å². The Balaban J connectivity index is 1.40. The molecule has 1 aromatic rings. The van der Waals surface area contributed by atoms with Gasteiger partial charge in [-0.15, -0.1) is 5.10 Å². The number of nitrogens with one attached hydrogen (secondary N) is 1. The van der Waals surface area contributed by atoms with E-state index < -0.39 is 0 Å². The summed E-state index contributed by atoms with van der Waals surface area (Å²) in [7, 11) is 1.89. The topological polar surface area (TPSA) is 63.0 Å². The Hall–Kier alpha value is -1.43. The average molecular weight is 305 g/mol. The minimum Gasteiger partial charge on any atom is -0.353 e. The van der Waals surface area contributed by atoms with Crippen LogP contribution in [0.5, 0.6) is 0 Å². The van der Waals surface area contributed by atoms with Crippen LogP contribution in [0.4, 0.5) is 0 Å². The third kappa shape index (κ3) is 4.06. The number of aromatic nitrogens is 3. The van der Waals surface area contributed by atoms with E-state index in [0.29, 0.717) is 11.9 Å². The fourth-order valence-electron chi connectivity index (χ4n) is 3.62. The van der Waals surface area contributed by atoms with Gasteiger partial charge in [0.05, 0.1) is 5.69 Å². The Morgan fingerprint density at radius 1 is 1.23 bits per heavy atom. The van der Waals surface area contributed by atoms with Crippen LogP contribution in [-0.4, -0.2) is 44.9 Å². The number of carbonyl (C=O) groups is 1. The molecule has 1 aliphatic heterocycles. The fourth-order valence-corrected chi connectivity index (χ4v) is 3.62. The molecule has 0 unspecified atom stereocenters. The zero-order valence-electron chi connectivity index (χ0n) is 13.5. The molecule has 1 N–H and O–H groups in total. The SMILES string of the molecule is Cn1cc(CN2CCC(NC(=O)C3CCCCC3)CC2)nn1. The molecule has 6 nitrogen and oxygen atoms in total. The molecule has 0 bridgehead atoms. The maximum Gasteiger partial charge on any atom is 0.223 e. The standard InChI is InChI=1S/C16H27N5O/c1-20-11-15(18-19-20)12-21-9-7-14(8-10-21)17-16(22)13-5-3-2-4-6-13/h11,13-14H,2-10,12H2,1H3,(H,17,22). The van der Waals surface area contributed by atoms with E-state index in [1.54, 1.807) is 4.68 Å². The Kier molecular flexibility index (Phi) is 5.08. The van der Waals surface area contributed by atoms with Crippen molar-refractivity contribution in [2.45, 2.75) is 57.5 Å². The smallest absolute Gasteiger partial charge is 0.223 e. The lowest BCUT2D eigenvalue weighted by molar-refractivity contribution is -0.127. The zero-order chi connectivity index (χ0) is 15.4. The molecule has 0 radical (unpaired) electrons. The predicted molar refractivity (Wildman–Crippen MR) is 84.0 cm³/mol. The van der Waals surface area contributed by atoms with Crippen molar-refractivity contribution in [3.8, 4) is 0 Å². The van der Waals surface area contributed by atoms with Crippen molar-refractivity contribution in [1.29, 1.82) is 0 Å². The van der Waals surface area contributed by atoms with Gasteiger partial charge in [0.1, 0.15) is 0 Å². The molecule has 2 aliphatic rings. The van der Waals surface area contributed by atoms with Crippen molar-refractivity contribution >= 4 is 5.91 Å². The van der Waals surface area contributed by atoms with Gasteiger partial charge in [0.2, 0.25) is 5.91 Å². The quantitative estimate of drug-likeness (QED) is 0.915. The maximum atomic E-state index is 12.3. The van der Waals surface area contributed by atoms with Gasteiger partial charge in [0.25, 0.3) is 0 Å². The second kappa shape index (κ2) is 7.22. The lowest BCUT2D eigenvalue weighted by atomic mass is 9.88. The van der Waals surface area contributed by atoms with Crippen LogP contribution >= 0.6 is 0 Å². The first-order valence-corrected chi connectivity index (χ1v) is 8.58. The van der Waals surface area contributed by atoms with E-state index >= 15 is 0 Å². The van der Waals surface area contributed by atoms with E-state index in [4.69, 9.17) is 0 Å². The Labute approximate surface area is 132 Å². The highest BCUT2D eigenvalue weighted by atomic mass is 16.1. The highest BCUT2D eigenvalue weighted by Gasteiger charge is 2.26. The summed E-state index contributed by atoms with van der Waals surface area (Å²) in [6.45, 7) is 2.90. The zero-order valence-corrected chi connectivity index (χ0v) is 13.5. The van der Waals surface area contributed by atoms with Crippen molar-refractivity contribution in [2.24, 2.45) is 13.0 Å². The molecule has 2 fully saturated rings. The van der Waals surface area contributed by atoms with Gasteiger partial charge >= 0.3 is 0 Å². The van der Waals surface area contributed by atoms with Gasteiger partial charge in [-0.05, 0) is 25.7 Å². The molecule has 0 atom stereocenters. The second-order valence-corrected chi connectivity index (χ2v) is 6.78. The van der Waals surface area contributed by atoms with Gasteiger partial charge in [0.15, 0.2) is 0 Å². The summed E-state index contributed by atoms with van der Waals surface area (Å²) < 4.78 is 1.74. The number of hydrogen-bond acceptors (Lipinski definition) is 4. The number of carbonyl (C=O) groups excluding carboxylic acids is 1. The maximum absolute atomic E-state index is 12.3. The van der Waals surface area contributed by atoms with Crippen molar-refractivity contribution in [1.82, 2.24) is 25.2 Å². The molecular weight excluding hydrogens is 278 g/mol. The van der Waals surface area contributed by atoms with Crippen molar-refractivity contribution in [3.05, 3.63) is 11.9 Å². The van der Waals surface area contributed by atoms with Gasteiger partial charge in [-0.1, -0.05) is 24.5 Å². The molecular formula is C16H27N5O. The molecule has 1 saturated heterocycles. The minimum absolute atomic E-state index is 0.270. The molecule has 1 aliphatic carbocycles. The summed E-state index contributed by atoms with van der Waals surface area (Å²) in [5, 5.41) is 11.4. The first-order valence-electron chi connectivity index (χ1n) is 8.58. The highest BCUT2D eigenvalue weighted by Crippen LogP contribution is 2.24. The third-order valence-electron chi connectivity index (χ3n) is 4.95. The first kappa shape index (κ1) is 15.5. The number of hydrogen-bond donors (Lipinski definition) is 1. The highest BCUT2D eigenvalue weighted by molar-refractivity contribution is 5.79. The molecule has 6 heteroatoms. The summed E-state index contributed by atoms with van der Waals surface area (Å²) in [6, 6.07) is 0.354. The van der Waals surface area contributed by atoms with E-state index in [0.717, 1.165) is 51.0 Å². The lowest BCUT2D eigenvalue weighted by Crippen LogP contribution is -2.46. The Morgan fingerprint density at radius 3 is 2.59 bits per heavy atom. The third-order valence-corrected chi connectivity index (χ3v) is 4.95. The lowest BCUT2D eigenvalue weighted by Gasteiger charge is -2.33. The van der Waals surface area contributed by atoms with E-state index in [2.05, 4.69) is 20.5 Å². The average Bonchev–Trinajstić information content (AvgIpc) is 2.95. The number of amides is 1. The second-order valence-electron chi connectivity index (χ2n) is 6.78. The van der Waals surface area contributed by atoms with Crippen LogP contribution in [-0.2, 0) is 18.4 Å². The van der Waals surface area contributed by atoms with Crippen LogP contribution in [0.15, 0.2) is 6.20 Å². The Bertz CT molecular complexity index is 486. The molecule has 1 aromatic heterocycles. The number of nitrogens with zero attached hydrogens (tertiary/aromatic N) is 4. The van der Waals surface area contributed by atoms with Gasteiger partial charge in [-0.25, -0.2) is 0 Å². The van der Waals surface area contributed by atoms with Gasteiger partial charge in [-0.3, -0.25) is 14.4 Å². The van der Waals surface area contributed by atoms with Crippen LogP contribution in [0, 0.1) is 5.92 Å². The van der Waals surface area contributed by atoms with Crippen LogP contribution < -0.4 is 5.32 Å². The number of piperidine rings is 1. The van der Waals surface area contributed by atoms with E-state index in [9.17, 15) is 4.79 Å². The van der Waals surface area contributed by atoms with E-state index in [1.807, 2.05) is 13.2 Å². The van der Waals surface area contributed by atoms with Crippen LogP contribution in [0.3, 0.4) is 0 Å². The van der Waals surface area contributed by atoms with E-state index in [-0.39, 0.29) is 5.92 Å². The van der Waals surface area contributed by atoms with Crippen molar-refractivity contribution in [2.75, 3.05) is 13.1 Å². The predicted octanol–water partition coefficient (Wildman–Crippen LogP) is 1.48. The van der Waals surface area contributed by atoms with Crippen LogP contribution in [0.2, 0.25) is 0 Å². The molecule has 122 valence electrons. The van der Waals surface area contributed by atoms with Crippen LogP contribution in [0.25, 0.3) is 0 Å². The van der Waals surface area contributed by atoms with Gasteiger partial charge in [-0.2, -0.15) is 0 Å². The normalized spacial score (nSPS) is 21.9. The Morgan fingerprint density at radius 2 is 1.95 bits per heavy atom. The monoisotopic (exact) mass is 305 g/mol. The molecule has 3 rings (SSSR count). The molecule has 1 saturated carbocycles. The summed E-state index contributed by atoms with van der Waals surface area (Å²) in [6.07, 6.45) is 9.94. The fraction of sp³-hybridized carbons (Fsp3) is 0.812. The molecule has 0 aromatic carbocycles. The van der Waals surface area contributed by atoms with Crippen LogP contribution in [0.1, 0.15) is 50.6 Å².